The van der Waals surface area contributed by atoms with E-state index in [9.17, 15) is 14.8 Å². The SMILES string of the molecule is COC(=O)C1(N(O)C(=O)Cc2c(C)cc(C)cc2Br)CCN(OC)CC1. The first-order chi connectivity index (χ1) is 12.2. The monoisotopic (exact) mass is 428 g/mol. The molecule has 0 aromatic heterocycles. The van der Waals surface area contributed by atoms with Crippen molar-refractivity contribution < 1.29 is 24.4 Å². The topological polar surface area (TPSA) is 79.3 Å². The van der Waals surface area contributed by atoms with Crippen LogP contribution < -0.4 is 0 Å². The van der Waals surface area contributed by atoms with Gasteiger partial charge in [0.15, 0.2) is 5.54 Å². The summed E-state index contributed by atoms with van der Waals surface area (Å²) in [5, 5.41) is 12.9. The van der Waals surface area contributed by atoms with E-state index in [1.54, 1.807) is 12.2 Å². The molecule has 1 aliphatic heterocycles. The van der Waals surface area contributed by atoms with Crippen LogP contribution in [-0.4, -0.2) is 60.1 Å². The van der Waals surface area contributed by atoms with Crippen LogP contribution >= 0.6 is 15.9 Å². The quantitative estimate of drug-likeness (QED) is 0.440. The van der Waals surface area contributed by atoms with E-state index in [0.717, 1.165) is 21.2 Å². The summed E-state index contributed by atoms with van der Waals surface area (Å²) in [5.41, 5.74) is 1.41. The minimum atomic E-state index is -1.40. The van der Waals surface area contributed by atoms with Crippen LogP contribution in [0.2, 0.25) is 0 Å². The van der Waals surface area contributed by atoms with Gasteiger partial charge in [0.05, 0.1) is 20.6 Å². The number of hydrogen-bond acceptors (Lipinski definition) is 6. The number of aryl methyl sites for hydroxylation is 2. The third-order valence-corrected chi connectivity index (χ3v) is 5.61. The fraction of sp³-hybridized carbons (Fsp3) is 0.556. The van der Waals surface area contributed by atoms with Crippen molar-refractivity contribution in [2.45, 2.75) is 38.6 Å². The first kappa shape index (κ1) is 20.8. The summed E-state index contributed by atoms with van der Waals surface area (Å²) in [6.45, 7) is 4.69. The molecule has 1 amide bonds. The van der Waals surface area contributed by atoms with Crippen LogP contribution in [0.5, 0.6) is 0 Å². The Balaban J connectivity index is 2.25. The number of nitrogens with zero attached hydrogens (tertiary/aromatic N) is 2. The van der Waals surface area contributed by atoms with Crippen molar-refractivity contribution in [2.24, 2.45) is 0 Å². The molecule has 1 heterocycles. The van der Waals surface area contributed by atoms with Crippen molar-refractivity contribution in [3.05, 3.63) is 33.3 Å². The van der Waals surface area contributed by atoms with Crippen molar-refractivity contribution in [1.82, 2.24) is 10.1 Å². The van der Waals surface area contributed by atoms with E-state index in [1.807, 2.05) is 26.0 Å². The van der Waals surface area contributed by atoms with Gasteiger partial charge in [-0.1, -0.05) is 22.0 Å². The summed E-state index contributed by atoms with van der Waals surface area (Å²) in [5.74, 6) is -1.17. The summed E-state index contributed by atoms with van der Waals surface area (Å²) in [4.78, 5) is 30.4. The maximum absolute atomic E-state index is 12.8. The minimum absolute atomic E-state index is 0.0179. The van der Waals surface area contributed by atoms with Gasteiger partial charge in [-0.05, 0) is 49.4 Å². The summed E-state index contributed by atoms with van der Waals surface area (Å²) < 4.78 is 5.69. The summed E-state index contributed by atoms with van der Waals surface area (Å²) in [7, 11) is 2.80. The summed E-state index contributed by atoms with van der Waals surface area (Å²) >= 11 is 3.48. The van der Waals surface area contributed by atoms with Gasteiger partial charge in [0, 0.05) is 17.6 Å². The van der Waals surface area contributed by atoms with Crippen LogP contribution in [0, 0.1) is 13.8 Å². The Labute approximate surface area is 161 Å². The lowest BCUT2D eigenvalue weighted by Gasteiger charge is -2.42. The Morgan fingerprint density at radius 3 is 2.38 bits per heavy atom. The minimum Gasteiger partial charge on any atom is -0.467 e. The number of amides is 1. The van der Waals surface area contributed by atoms with Crippen molar-refractivity contribution in [1.29, 1.82) is 0 Å². The van der Waals surface area contributed by atoms with Crippen molar-refractivity contribution in [2.75, 3.05) is 27.3 Å². The fourth-order valence-electron chi connectivity index (χ4n) is 3.37. The van der Waals surface area contributed by atoms with Gasteiger partial charge in [0.1, 0.15) is 0 Å². The number of halogens is 1. The number of methoxy groups -OCH3 is 1. The highest BCUT2D eigenvalue weighted by Crippen LogP contribution is 2.31. The Morgan fingerprint density at radius 1 is 1.27 bits per heavy atom. The molecule has 144 valence electrons. The second kappa shape index (κ2) is 8.47. The van der Waals surface area contributed by atoms with Gasteiger partial charge in [0.25, 0.3) is 5.91 Å². The number of carbonyl (C=O) groups excluding carboxylic acids is 2. The molecule has 7 nitrogen and oxygen atoms in total. The lowest BCUT2D eigenvalue weighted by atomic mass is 9.87. The van der Waals surface area contributed by atoms with Crippen molar-refractivity contribution in [3.63, 3.8) is 0 Å². The molecule has 0 unspecified atom stereocenters. The maximum Gasteiger partial charge on any atom is 0.334 e. The van der Waals surface area contributed by atoms with Crippen LogP contribution in [-0.2, 0) is 25.6 Å². The van der Waals surface area contributed by atoms with Gasteiger partial charge in [-0.2, -0.15) is 5.06 Å². The van der Waals surface area contributed by atoms with Crippen LogP contribution in [0.15, 0.2) is 16.6 Å². The van der Waals surface area contributed by atoms with Crippen LogP contribution in [0.25, 0.3) is 0 Å². The molecule has 1 saturated heterocycles. The Morgan fingerprint density at radius 2 is 1.88 bits per heavy atom. The molecule has 0 aliphatic carbocycles. The smallest absolute Gasteiger partial charge is 0.334 e. The predicted molar refractivity (Wildman–Crippen MR) is 98.5 cm³/mol. The first-order valence-electron chi connectivity index (χ1n) is 8.40. The molecule has 1 aromatic rings. The fourth-order valence-corrected chi connectivity index (χ4v) is 4.18. The normalized spacial score (nSPS) is 17.0. The maximum atomic E-state index is 12.8. The second-order valence-electron chi connectivity index (χ2n) is 6.56. The lowest BCUT2D eigenvalue weighted by Crippen LogP contribution is -2.61. The number of benzene rings is 1. The van der Waals surface area contributed by atoms with Gasteiger partial charge in [-0.25, -0.2) is 9.86 Å². The van der Waals surface area contributed by atoms with E-state index >= 15 is 0 Å². The second-order valence-corrected chi connectivity index (χ2v) is 7.41. The number of hydrogen-bond donors (Lipinski definition) is 1. The molecule has 2 rings (SSSR count). The first-order valence-corrected chi connectivity index (χ1v) is 9.19. The van der Waals surface area contributed by atoms with Gasteiger partial charge in [-0.15, -0.1) is 0 Å². The van der Waals surface area contributed by atoms with E-state index in [4.69, 9.17) is 9.57 Å². The third-order valence-electron chi connectivity index (χ3n) is 4.91. The Hall–Kier alpha value is -1.48. The molecule has 0 radical (unpaired) electrons. The van der Waals surface area contributed by atoms with Gasteiger partial charge >= 0.3 is 5.97 Å². The van der Waals surface area contributed by atoms with Crippen molar-refractivity contribution in [3.8, 4) is 0 Å². The zero-order valence-corrected chi connectivity index (χ0v) is 17.1. The van der Waals surface area contributed by atoms with E-state index in [0.29, 0.717) is 18.2 Å². The third kappa shape index (κ3) is 4.09. The van der Waals surface area contributed by atoms with Crippen molar-refractivity contribution >= 4 is 27.8 Å². The van der Waals surface area contributed by atoms with Crippen LogP contribution in [0.3, 0.4) is 0 Å². The van der Waals surface area contributed by atoms with Gasteiger partial charge in [0.2, 0.25) is 0 Å². The zero-order valence-electron chi connectivity index (χ0n) is 15.5. The number of hydroxylamine groups is 4. The van der Waals surface area contributed by atoms with E-state index in [2.05, 4.69) is 15.9 Å². The Bertz CT molecular complexity index is 663. The molecule has 1 fully saturated rings. The molecule has 0 bridgehead atoms. The van der Waals surface area contributed by atoms with Crippen LogP contribution in [0.1, 0.15) is 29.5 Å². The van der Waals surface area contributed by atoms with E-state index in [1.165, 1.54) is 7.11 Å². The molecule has 0 atom stereocenters. The Kier molecular flexibility index (Phi) is 6.79. The molecule has 1 N–H and O–H groups in total. The molecule has 26 heavy (non-hydrogen) atoms. The molecule has 1 aliphatic rings. The number of rotatable bonds is 5. The highest BCUT2D eigenvalue weighted by molar-refractivity contribution is 9.10. The van der Waals surface area contributed by atoms with Gasteiger partial charge in [-0.3, -0.25) is 10.0 Å². The molecular weight excluding hydrogens is 404 g/mol. The number of ether oxygens (including phenoxy) is 1. The molecular formula is C18H25BrN2O5. The standard InChI is InChI=1S/C18H25BrN2O5/c1-12-9-13(2)14(15(19)10-12)11-16(22)21(24)18(17(23)25-3)5-7-20(26-4)8-6-18/h9-10,24H,5-8,11H2,1-4H3. The molecule has 1 aromatic carbocycles. The highest BCUT2D eigenvalue weighted by atomic mass is 79.9. The molecule has 0 spiro atoms. The number of piperidine rings is 1. The van der Waals surface area contributed by atoms with Crippen LogP contribution in [0.4, 0.5) is 0 Å². The summed E-state index contributed by atoms with van der Waals surface area (Å²) in [6, 6.07) is 3.90. The number of esters is 1. The highest BCUT2D eigenvalue weighted by Gasteiger charge is 2.49. The predicted octanol–water partition coefficient (Wildman–Crippen LogP) is 2.40. The number of carbonyl (C=O) groups is 2. The average molecular weight is 429 g/mol. The molecule has 0 saturated carbocycles. The van der Waals surface area contributed by atoms with Gasteiger partial charge < -0.3 is 9.57 Å². The zero-order chi connectivity index (χ0) is 19.5. The molecule has 8 heteroatoms. The summed E-state index contributed by atoms with van der Waals surface area (Å²) in [6.07, 6.45) is 0.434. The van der Waals surface area contributed by atoms with E-state index < -0.39 is 17.4 Å². The largest absolute Gasteiger partial charge is 0.467 e. The lowest BCUT2D eigenvalue weighted by molar-refractivity contribution is -0.228. The van der Waals surface area contributed by atoms with E-state index in [-0.39, 0.29) is 19.3 Å². The average Bonchev–Trinajstić information content (AvgIpc) is 2.63.